The fourth-order valence-corrected chi connectivity index (χ4v) is 0.461. The zero-order valence-electron chi connectivity index (χ0n) is 9.22. The molecule has 0 saturated heterocycles. The smallest absolute Gasteiger partial charge is 0.338 e. The molecule has 0 spiro atoms. The van der Waals surface area contributed by atoms with Crippen LogP contribution in [0.2, 0.25) is 0 Å². The molecule has 96 valence electrons. The number of nitrogens with two attached hydrogens (primary N) is 4. The van der Waals surface area contributed by atoms with E-state index in [2.05, 4.69) is 0 Å². The lowest BCUT2D eigenvalue weighted by atomic mass is 10.2. The van der Waals surface area contributed by atoms with Crippen LogP contribution in [0, 0.1) is 0 Å². The van der Waals surface area contributed by atoms with E-state index in [1.165, 1.54) is 6.92 Å². The molecule has 8 heteroatoms. The molecular formula is C8H20N4O4. The predicted octanol–water partition coefficient (Wildman–Crippen LogP) is -2.16. The van der Waals surface area contributed by atoms with Crippen molar-refractivity contribution in [2.75, 3.05) is 6.54 Å². The third-order valence-electron chi connectivity index (χ3n) is 1.50. The Bertz CT molecular complexity index is 227. The van der Waals surface area contributed by atoms with E-state index in [1.807, 2.05) is 0 Å². The summed E-state index contributed by atoms with van der Waals surface area (Å²) in [5.41, 5.74) is 18.4. The van der Waals surface area contributed by atoms with Gasteiger partial charge in [0.2, 0.25) is 0 Å². The molecule has 0 aliphatic heterocycles. The summed E-state index contributed by atoms with van der Waals surface area (Å²) >= 11 is 0. The van der Waals surface area contributed by atoms with Gasteiger partial charge in [-0.25, -0.2) is 4.79 Å². The first kappa shape index (κ1) is 17.2. The van der Waals surface area contributed by atoms with Gasteiger partial charge in [-0.05, 0) is 26.3 Å². The Morgan fingerprint density at radius 3 is 1.88 bits per heavy atom. The van der Waals surface area contributed by atoms with Crippen molar-refractivity contribution in [3.63, 3.8) is 0 Å². The van der Waals surface area contributed by atoms with Gasteiger partial charge in [-0.2, -0.15) is 0 Å². The lowest BCUT2D eigenvalue weighted by molar-refractivity contribution is -0.142. The van der Waals surface area contributed by atoms with Crippen molar-refractivity contribution < 1.29 is 19.8 Å². The number of carboxylic acids is 2. The summed E-state index contributed by atoms with van der Waals surface area (Å²) in [6.45, 7) is 1.72. The molecule has 0 aromatic carbocycles. The van der Waals surface area contributed by atoms with Crippen molar-refractivity contribution in [1.29, 1.82) is 0 Å². The second-order valence-electron chi connectivity index (χ2n) is 3.46. The molecular weight excluding hydrogens is 216 g/mol. The van der Waals surface area contributed by atoms with Gasteiger partial charge in [-0.15, -0.1) is 0 Å². The van der Waals surface area contributed by atoms with Crippen molar-refractivity contribution in [2.45, 2.75) is 31.5 Å². The summed E-state index contributed by atoms with van der Waals surface area (Å²) < 4.78 is 0. The van der Waals surface area contributed by atoms with E-state index < -0.39 is 23.6 Å². The van der Waals surface area contributed by atoms with Gasteiger partial charge in [0.05, 0.1) is 0 Å². The molecule has 0 rings (SSSR count). The molecule has 0 fully saturated rings. The summed E-state index contributed by atoms with van der Waals surface area (Å²) in [5.74, 6) is -2.16. The number of carboxylic acid groups (broad SMARTS) is 2. The maximum absolute atomic E-state index is 10.0. The zero-order valence-corrected chi connectivity index (χ0v) is 9.22. The van der Waals surface area contributed by atoms with Crippen molar-refractivity contribution in [3.05, 3.63) is 0 Å². The highest BCUT2D eigenvalue weighted by molar-refractivity contribution is 5.76. The Labute approximate surface area is 93.6 Å². The Hall–Kier alpha value is -1.22. The summed E-state index contributed by atoms with van der Waals surface area (Å²) in [6, 6.07) is -0.742. The number of carbonyl (C=O) groups is 2. The fraction of sp³-hybridized carbons (Fsp3) is 0.750. The first-order valence-electron chi connectivity index (χ1n) is 4.62. The topological polar surface area (TPSA) is 179 Å². The lowest BCUT2D eigenvalue weighted by Crippen LogP contribution is -2.53. The summed E-state index contributed by atoms with van der Waals surface area (Å²) in [5, 5.41) is 16.2. The van der Waals surface area contributed by atoms with Gasteiger partial charge in [0, 0.05) is 0 Å². The van der Waals surface area contributed by atoms with Crippen LogP contribution in [0.1, 0.15) is 19.8 Å². The third-order valence-corrected chi connectivity index (χ3v) is 1.50. The maximum Gasteiger partial charge on any atom is 0.338 e. The van der Waals surface area contributed by atoms with Gasteiger partial charge in [0.1, 0.15) is 6.04 Å². The van der Waals surface area contributed by atoms with Crippen LogP contribution in [0.5, 0.6) is 0 Å². The highest BCUT2D eigenvalue weighted by Gasteiger charge is 2.20. The van der Waals surface area contributed by atoms with Crippen molar-refractivity contribution >= 4 is 11.9 Å². The van der Waals surface area contributed by atoms with E-state index >= 15 is 0 Å². The van der Waals surface area contributed by atoms with Crippen LogP contribution in [0.15, 0.2) is 0 Å². The van der Waals surface area contributed by atoms with Crippen molar-refractivity contribution in [2.24, 2.45) is 22.9 Å². The predicted molar refractivity (Wildman–Crippen MR) is 58.3 cm³/mol. The van der Waals surface area contributed by atoms with Crippen LogP contribution >= 0.6 is 0 Å². The van der Waals surface area contributed by atoms with E-state index in [1.54, 1.807) is 0 Å². The summed E-state index contributed by atoms with van der Waals surface area (Å²) in [7, 11) is 0. The Morgan fingerprint density at radius 1 is 1.31 bits per heavy atom. The maximum atomic E-state index is 10.0. The average molecular weight is 236 g/mol. The molecule has 10 N–H and O–H groups in total. The zero-order chi connectivity index (χ0) is 13.4. The van der Waals surface area contributed by atoms with E-state index in [4.69, 9.17) is 33.1 Å². The summed E-state index contributed by atoms with van der Waals surface area (Å²) in [4.78, 5) is 19.8. The van der Waals surface area contributed by atoms with E-state index in [0.29, 0.717) is 19.4 Å². The van der Waals surface area contributed by atoms with Gasteiger partial charge < -0.3 is 33.1 Å². The number of aliphatic carboxylic acids is 2. The van der Waals surface area contributed by atoms with Gasteiger partial charge in [-0.1, -0.05) is 0 Å². The minimum atomic E-state index is -1.58. The Kier molecular flexibility index (Phi) is 8.58. The third kappa shape index (κ3) is 10.9. The van der Waals surface area contributed by atoms with Crippen LogP contribution in [0.25, 0.3) is 0 Å². The van der Waals surface area contributed by atoms with E-state index in [0.717, 1.165) is 0 Å². The molecule has 0 aromatic heterocycles. The highest BCUT2D eigenvalue weighted by atomic mass is 16.4. The molecule has 0 aromatic rings. The normalized spacial score (nSPS) is 12.3. The van der Waals surface area contributed by atoms with Crippen LogP contribution in [0.3, 0.4) is 0 Å². The molecule has 0 bridgehead atoms. The average Bonchev–Trinajstić information content (AvgIpc) is 2.13. The number of rotatable bonds is 5. The molecule has 0 heterocycles. The molecule has 0 saturated carbocycles. The molecule has 0 aliphatic rings. The SMILES string of the molecule is CC(N)(N)C(=O)O.NCCCC(N)C(=O)O. The summed E-state index contributed by atoms with van der Waals surface area (Å²) in [6.07, 6.45) is 1.14. The van der Waals surface area contributed by atoms with Crippen molar-refractivity contribution in [1.82, 2.24) is 0 Å². The van der Waals surface area contributed by atoms with Crippen molar-refractivity contribution in [3.8, 4) is 0 Å². The van der Waals surface area contributed by atoms with Gasteiger partial charge in [-0.3, -0.25) is 4.79 Å². The van der Waals surface area contributed by atoms with Gasteiger partial charge in [0.25, 0.3) is 0 Å². The van der Waals surface area contributed by atoms with E-state index in [9.17, 15) is 9.59 Å². The first-order valence-corrected chi connectivity index (χ1v) is 4.62. The first-order chi connectivity index (χ1) is 7.12. The highest BCUT2D eigenvalue weighted by Crippen LogP contribution is 1.91. The molecule has 0 radical (unpaired) electrons. The Balaban J connectivity index is 0. The standard InChI is InChI=1S/C5H12N2O2.C3H8N2O2/c6-3-1-2-4(7)5(8)9;1-3(4,5)2(6)7/h4H,1-3,6-7H2,(H,8,9);4-5H2,1H3,(H,6,7). The molecule has 1 atom stereocenters. The fourth-order valence-electron chi connectivity index (χ4n) is 0.461. The van der Waals surface area contributed by atoms with Gasteiger partial charge >= 0.3 is 11.9 Å². The second kappa shape index (κ2) is 7.99. The Morgan fingerprint density at radius 2 is 1.69 bits per heavy atom. The number of hydrogen-bond donors (Lipinski definition) is 6. The van der Waals surface area contributed by atoms with Crippen LogP contribution in [-0.4, -0.2) is 40.4 Å². The molecule has 0 aliphatic carbocycles. The van der Waals surface area contributed by atoms with Gasteiger partial charge in [0.15, 0.2) is 5.66 Å². The van der Waals surface area contributed by atoms with Crippen LogP contribution in [-0.2, 0) is 9.59 Å². The molecule has 16 heavy (non-hydrogen) atoms. The molecule has 0 amide bonds. The minimum absolute atomic E-state index is 0.464. The number of hydrogen-bond acceptors (Lipinski definition) is 6. The minimum Gasteiger partial charge on any atom is -0.480 e. The second-order valence-corrected chi connectivity index (χ2v) is 3.46. The van der Waals surface area contributed by atoms with Crippen LogP contribution in [0.4, 0.5) is 0 Å². The lowest BCUT2D eigenvalue weighted by Gasteiger charge is -2.09. The van der Waals surface area contributed by atoms with Crippen LogP contribution < -0.4 is 22.9 Å². The molecule has 1 unspecified atom stereocenters. The monoisotopic (exact) mass is 236 g/mol. The van der Waals surface area contributed by atoms with E-state index in [-0.39, 0.29) is 0 Å². The largest absolute Gasteiger partial charge is 0.480 e. The molecule has 8 nitrogen and oxygen atoms in total. The quantitative estimate of drug-likeness (QED) is 0.292.